The molecule has 0 saturated carbocycles. The van der Waals surface area contributed by atoms with Gasteiger partial charge in [-0.05, 0) is 86.5 Å². The van der Waals surface area contributed by atoms with E-state index in [0.29, 0.717) is 0 Å². The number of hydrogen-bond donors (Lipinski definition) is 0. The molecule has 0 saturated heterocycles. The van der Waals surface area contributed by atoms with Crippen LogP contribution in [0.3, 0.4) is 0 Å². The zero-order chi connectivity index (χ0) is 29.9. The van der Waals surface area contributed by atoms with E-state index < -0.39 is 0 Å². The molecule has 2 nitrogen and oxygen atoms in total. The SMILES string of the molecule is COc1ccc2c(c1B(c1cccc(-c3ccc(C4=CC=CC=CC4)cc3)c1)c1c(OC)ccc3ccccc13)C=CCC2. The molecule has 3 heteroatoms. The molecule has 5 aromatic carbocycles. The Bertz CT molecular complexity index is 1960. The van der Waals surface area contributed by atoms with Crippen molar-refractivity contribution in [1.29, 1.82) is 0 Å². The van der Waals surface area contributed by atoms with Crippen LogP contribution in [0, 0.1) is 0 Å². The molecule has 44 heavy (non-hydrogen) atoms. The van der Waals surface area contributed by atoms with Crippen molar-refractivity contribution in [3.8, 4) is 22.6 Å². The largest absolute Gasteiger partial charge is 0.497 e. The molecule has 0 aromatic heterocycles. The summed E-state index contributed by atoms with van der Waals surface area (Å²) in [7, 11) is 3.55. The van der Waals surface area contributed by atoms with Gasteiger partial charge in [0.2, 0.25) is 0 Å². The molecule has 0 spiro atoms. The van der Waals surface area contributed by atoms with Crippen molar-refractivity contribution < 1.29 is 9.47 Å². The third kappa shape index (κ3) is 5.20. The summed E-state index contributed by atoms with van der Waals surface area (Å²) in [5, 5.41) is 2.38. The number of rotatable bonds is 7. The van der Waals surface area contributed by atoms with Gasteiger partial charge in [-0.15, -0.1) is 0 Å². The number of fused-ring (bicyclic) bond motifs is 2. The lowest BCUT2D eigenvalue weighted by atomic mass is 9.35. The van der Waals surface area contributed by atoms with Crippen molar-refractivity contribution in [3.05, 3.63) is 150 Å². The van der Waals surface area contributed by atoms with Crippen molar-refractivity contribution in [2.24, 2.45) is 0 Å². The molecule has 0 unspecified atom stereocenters. The van der Waals surface area contributed by atoms with Gasteiger partial charge in [-0.1, -0.05) is 133 Å². The highest BCUT2D eigenvalue weighted by molar-refractivity contribution is 6.98. The van der Waals surface area contributed by atoms with Crippen LogP contribution in [-0.4, -0.2) is 20.9 Å². The summed E-state index contributed by atoms with van der Waals surface area (Å²) in [4.78, 5) is 0. The second-order valence-corrected chi connectivity index (χ2v) is 11.4. The van der Waals surface area contributed by atoms with Gasteiger partial charge in [0.15, 0.2) is 0 Å². The lowest BCUT2D eigenvalue weighted by molar-refractivity contribution is 0.417. The van der Waals surface area contributed by atoms with Crippen LogP contribution >= 0.6 is 0 Å². The summed E-state index contributed by atoms with van der Waals surface area (Å²) in [5.74, 6) is 1.77. The Kier molecular flexibility index (Phi) is 7.77. The van der Waals surface area contributed by atoms with Crippen molar-refractivity contribution in [2.75, 3.05) is 14.2 Å². The minimum atomic E-state index is -0.113. The molecule has 0 bridgehead atoms. The van der Waals surface area contributed by atoms with E-state index in [0.717, 1.165) is 36.2 Å². The van der Waals surface area contributed by atoms with Gasteiger partial charge in [0.25, 0.3) is 6.71 Å². The second kappa shape index (κ2) is 12.3. The van der Waals surface area contributed by atoms with Gasteiger partial charge in [-0.2, -0.15) is 0 Å². The minimum Gasteiger partial charge on any atom is -0.497 e. The summed E-state index contributed by atoms with van der Waals surface area (Å²) >= 11 is 0. The summed E-state index contributed by atoms with van der Waals surface area (Å²) < 4.78 is 12.2. The van der Waals surface area contributed by atoms with Crippen LogP contribution < -0.4 is 25.9 Å². The Morgan fingerprint density at radius 2 is 1.43 bits per heavy atom. The van der Waals surface area contributed by atoms with Crippen molar-refractivity contribution in [2.45, 2.75) is 19.3 Å². The van der Waals surface area contributed by atoms with Crippen LogP contribution in [0.25, 0.3) is 33.5 Å². The zero-order valence-corrected chi connectivity index (χ0v) is 25.3. The van der Waals surface area contributed by atoms with Crippen molar-refractivity contribution in [1.82, 2.24) is 0 Å². The summed E-state index contributed by atoms with van der Waals surface area (Å²) in [6.45, 7) is -0.113. The van der Waals surface area contributed by atoms with E-state index in [9.17, 15) is 0 Å². The normalized spacial score (nSPS) is 13.7. The third-order valence-corrected chi connectivity index (χ3v) is 8.95. The Morgan fingerprint density at radius 3 is 2.30 bits per heavy atom. The number of benzene rings is 5. The van der Waals surface area contributed by atoms with Gasteiger partial charge in [0.05, 0.1) is 14.2 Å². The minimum absolute atomic E-state index is 0.113. The zero-order valence-electron chi connectivity index (χ0n) is 25.3. The average molecular weight is 571 g/mol. The van der Waals surface area contributed by atoms with E-state index in [1.807, 2.05) is 0 Å². The summed E-state index contributed by atoms with van der Waals surface area (Å²) in [6.07, 6.45) is 18.3. The fourth-order valence-electron chi connectivity index (χ4n) is 6.79. The lowest BCUT2D eigenvalue weighted by Crippen LogP contribution is -2.54. The Hall–Kier alpha value is -5.02. The van der Waals surface area contributed by atoms with E-state index >= 15 is 0 Å². The fraction of sp³-hybridized carbons (Fsp3) is 0.122. The van der Waals surface area contributed by atoms with Crippen molar-refractivity contribution >= 4 is 45.5 Å². The fourth-order valence-corrected chi connectivity index (χ4v) is 6.79. The first-order valence-electron chi connectivity index (χ1n) is 15.4. The molecule has 7 rings (SSSR count). The molecule has 0 aliphatic heterocycles. The molecule has 0 fully saturated rings. The highest BCUT2D eigenvalue weighted by atomic mass is 16.5. The Balaban J connectivity index is 1.43. The second-order valence-electron chi connectivity index (χ2n) is 11.4. The first-order chi connectivity index (χ1) is 21.7. The monoisotopic (exact) mass is 570 g/mol. The maximum atomic E-state index is 6.13. The molecule has 214 valence electrons. The van der Waals surface area contributed by atoms with Crippen LogP contribution in [-0.2, 0) is 6.42 Å². The number of methoxy groups -OCH3 is 2. The quantitative estimate of drug-likeness (QED) is 0.185. The van der Waals surface area contributed by atoms with Gasteiger partial charge in [0.1, 0.15) is 11.5 Å². The average Bonchev–Trinajstić information content (AvgIpc) is 3.38. The summed E-state index contributed by atoms with van der Waals surface area (Å²) in [5.41, 5.74) is 11.1. The topological polar surface area (TPSA) is 18.5 Å². The van der Waals surface area contributed by atoms with Crippen LogP contribution in [0.4, 0.5) is 0 Å². The molecule has 0 N–H and O–H groups in total. The van der Waals surface area contributed by atoms with Gasteiger partial charge < -0.3 is 9.47 Å². The lowest BCUT2D eigenvalue weighted by Gasteiger charge is -2.26. The van der Waals surface area contributed by atoms with E-state index in [4.69, 9.17) is 9.47 Å². The molecular weight excluding hydrogens is 535 g/mol. The first-order valence-corrected chi connectivity index (χ1v) is 15.4. The van der Waals surface area contributed by atoms with E-state index in [1.165, 1.54) is 55.1 Å². The van der Waals surface area contributed by atoms with Gasteiger partial charge >= 0.3 is 0 Å². The highest BCUT2D eigenvalue weighted by Crippen LogP contribution is 2.28. The molecule has 0 amide bonds. The van der Waals surface area contributed by atoms with E-state index in [-0.39, 0.29) is 6.71 Å². The number of aryl methyl sites for hydroxylation is 1. The van der Waals surface area contributed by atoms with Crippen LogP contribution in [0.2, 0.25) is 0 Å². The maximum Gasteiger partial charge on any atom is 0.252 e. The molecule has 0 heterocycles. The molecular formula is C41H35BO2. The third-order valence-electron chi connectivity index (χ3n) is 8.95. The Morgan fingerprint density at radius 1 is 0.636 bits per heavy atom. The predicted octanol–water partition coefficient (Wildman–Crippen LogP) is 7.90. The number of ether oxygens (including phenoxy) is 2. The van der Waals surface area contributed by atoms with Crippen LogP contribution in [0.5, 0.6) is 11.5 Å². The summed E-state index contributed by atoms with van der Waals surface area (Å²) in [6, 6.07) is 35.2. The van der Waals surface area contributed by atoms with Crippen LogP contribution in [0.15, 0.2) is 134 Å². The number of hydrogen-bond acceptors (Lipinski definition) is 2. The molecule has 2 aliphatic carbocycles. The molecule has 2 aliphatic rings. The number of allylic oxidation sites excluding steroid dienone is 7. The van der Waals surface area contributed by atoms with E-state index in [1.54, 1.807) is 14.2 Å². The standard InChI is InChI=1S/C41H35BO2/c1-43-38-26-24-32-14-7-9-18-36(32)40(38)42(41-37-19-10-8-15-33(37)25-27-39(41)44-2)35-17-11-16-34(28-35)31-22-20-30(21-23-31)29-12-5-3-4-6-13-29/h3-7,9-12,14,16-28H,8,13,15H2,1-2H3. The maximum absolute atomic E-state index is 6.13. The molecule has 0 atom stereocenters. The molecule has 0 radical (unpaired) electrons. The smallest absolute Gasteiger partial charge is 0.252 e. The molecule has 5 aromatic rings. The van der Waals surface area contributed by atoms with Crippen molar-refractivity contribution in [3.63, 3.8) is 0 Å². The first kappa shape index (κ1) is 27.8. The predicted molar refractivity (Wildman–Crippen MR) is 188 cm³/mol. The Labute approximate surface area is 260 Å². The van der Waals surface area contributed by atoms with Gasteiger partial charge in [-0.3, -0.25) is 0 Å². The van der Waals surface area contributed by atoms with Gasteiger partial charge in [0, 0.05) is 0 Å². The van der Waals surface area contributed by atoms with E-state index in [2.05, 4.69) is 140 Å². The van der Waals surface area contributed by atoms with Crippen LogP contribution in [0.1, 0.15) is 29.5 Å². The van der Waals surface area contributed by atoms with Gasteiger partial charge in [-0.25, -0.2) is 0 Å². The highest BCUT2D eigenvalue weighted by Gasteiger charge is 2.33.